The first-order valence-electron chi connectivity index (χ1n) is 8.77. The summed E-state index contributed by atoms with van der Waals surface area (Å²) >= 11 is 0. The van der Waals surface area contributed by atoms with Crippen molar-refractivity contribution in [1.29, 1.82) is 0 Å². The molecule has 0 N–H and O–H groups in total. The van der Waals surface area contributed by atoms with Gasteiger partial charge in [-0.25, -0.2) is 4.79 Å². The fraction of sp³-hybridized carbons (Fsp3) is 0.474. The molecule has 1 atom stereocenters. The van der Waals surface area contributed by atoms with Crippen LogP contribution in [0.4, 0.5) is 4.79 Å². The number of para-hydroxylation sites is 1. The third-order valence-electron chi connectivity index (χ3n) is 5.45. The van der Waals surface area contributed by atoms with E-state index in [-0.39, 0.29) is 12.0 Å². The van der Waals surface area contributed by atoms with Crippen LogP contribution in [0.15, 0.2) is 30.5 Å². The van der Waals surface area contributed by atoms with Gasteiger partial charge in [-0.2, -0.15) is 0 Å². The van der Waals surface area contributed by atoms with Crippen molar-refractivity contribution in [3.8, 4) is 0 Å². The Bertz CT molecular complexity index is 844. The molecule has 4 rings (SSSR count). The normalized spacial score (nSPS) is 24.0. The largest absolute Gasteiger partial charge is 0.441 e. The van der Waals surface area contributed by atoms with Crippen LogP contribution in [0.25, 0.3) is 10.9 Å². The lowest BCUT2D eigenvalue weighted by molar-refractivity contribution is 0.0439. The number of amides is 2. The molecule has 1 aromatic carbocycles. The second kappa shape index (κ2) is 5.79. The van der Waals surface area contributed by atoms with E-state index in [1.807, 2.05) is 47.0 Å². The summed E-state index contributed by atoms with van der Waals surface area (Å²) < 4.78 is 7.63. The van der Waals surface area contributed by atoms with Crippen LogP contribution in [0.2, 0.25) is 0 Å². The van der Waals surface area contributed by atoms with Gasteiger partial charge in [0.15, 0.2) is 0 Å². The molecule has 3 heterocycles. The van der Waals surface area contributed by atoms with Crippen LogP contribution in [-0.4, -0.2) is 58.7 Å². The summed E-state index contributed by atoms with van der Waals surface area (Å²) in [7, 11) is 3.73. The minimum atomic E-state index is -0.431. The van der Waals surface area contributed by atoms with Crippen LogP contribution >= 0.6 is 0 Å². The zero-order valence-corrected chi connectivity index (χ0v) is 14.7. The third-order valence-corrected chi connectivity index (χ3v) is 5.45. The number of hydrogen-bond acceptors (Lipinski definition) is 3. The van der Waals surface area contributed by atoms with Gasteiger partial charge in [0.2, 0.25) is 0 Å². The summed E-state index contributed by atoms with van der Waals surface area (Å²) in [6, 6.07) is 7.97. The molecular formula is C19H23N3O3. The van der Waals surface area contributed by atoms with Gasteiger partial charge in [-0.1, -0.05) is 18.2 Å². The van der Waals surface area contributed by atoms with Crippen LogP contribution < -0.4 is 0 Å². The molecule has 6 nitrogen and oxygen atoms in total. The Morgan fingerprint density at radius 3 is 2.72 bits per heavy atom. The van der Waals surface area contributed by atoms with E-state index in [0.29, 0.717) is 26.1 Å². The maximum Gasteiger partial charge on any atom is 0.410 e. The van der Waals surface area contributed by atoms with Crippen LogP contribution in [0.1, 0.15) is 29.6 Å². The topological polar surface area (TPSA) is 54.8 Å². The second-order valence-electron chi connectivity index (χ2n) is 7.22. The Morgan fingerprint density at radius 2 is 1.96 bits per heavy atom. The van der Waals surface area contributed by atoms with Gasteiger partial charge in [0.05, 0.1) is 12.1 Å². The number of aryl methyl sites for hydroxylation is 1. The molecule has 2 aliphatic heterocycles. The number of hydrogen-bond donors (Lipinski definition) is 0. The van der Waals surface area contributed by atoms with E-state index < -0.39 is 5.60 Å². The molecule has 0 bridgehead atoms. The number of carbonyl (C=O) groups is 2. The first-order chi connectivity index (χ1) is 12.0. The van der Waals surface area contributed by atoms with Crippen LogP contribution in [-0.2, 0) is 11.8 Å². The minimum Gasteiger partial charge on any atom is -0.441 e. The lowest BCUT2D eigenvalue weighted by Crippen LogP contribution is -2.36. The van der Waals surface area contributed by atoms with Gasteiger partial charge >= 0.3 is 6.09 Å². The highest BCUT2D eigenvalue weighted by atomic mass is 16.6. The monoisotopic (exact) mass is 341 g/mol. The molecule has 25 heavy (non-hydrogen) atoms. The van der Waals surface area contributed by atoms with Gasteiger partial charge in [0.25, 0.3) is 5.91 Å². The van der Waals surface area contributed by atoms with Gasteiger partial charge < -0.3 is 19.1 Å². The van der Waals surface area contributed by atoms with Crippen molar-refractivity contribution in [3.63, 3.8) is 0 Å². The SMILES string of the molecule is CN1C[C@@]2(CCCN(C(=O)c3cn(C)c4ccccc34)CC2)OC1=O. The highest BCUT2D eigenvalue weighted by Crippen LogP contribution is 2.33. The molecule has 0 radical (unpaired) electrons. The van der Waals surface area contributed by atoms with E-state index in [4.69, 9.17) is 4.74 Å². The van der Waals surface area contributed by atoms with E-state index >= 15 is 0 Å². The number of rotatable bonds is 1. The standard InChI is InChI=1S/C19H23N3O3/c1-20-12-15(14-6-3-4-7-16(14)20)17(23)22-10-5-8-19(9-11-22)13-21(2)18(24)25-19/h3-4,6-7,12H,5,8-11,13H2,1-2H3/t19-/m0/s1. The molecule has 0 unspecified atom stereocenters. The van der Waals surface area contributed by atoms with E-state index in [0.717, 1.165) is 29.3 Å². The summed E-state index contributed by atoms with van der Waals surface area (Å²) in [5.74, 6) is 0.0616. The van der Waals surface area contributed by atoms with Crippen molar-refractivity contribution in [2.75, 3.05) is 26.7 Å². The first-order valence-corrected chi connectivity index (χ1v) is 8.77. The number of benzene rings is 1. The van der Waals surface area contributed by atoms with Gasteiger partial charge in [-0.15, -0.1) is 0 Å². The lowest BCUT2D eigenvalue weighted by Gasteiger charge is -2.25. The Balaban J connectivity index is 1.56. The minimum absolute atomic E-state index is 0.0616. The summed E-state index contributed by atoms with van der Waals surface area (Å²) in [5, 5.41) is 0.987. The van der Waals surface area contributed by atoms with Gasteiger partial charge in [-0.3, -0.25) is 4.79 Å². The molecule has 2 saturated heterocycles. The van der Waals surface area contributed by atoms with E-state index in [1.165, 1.54) is 0 Å². The predicted octanol–water partition coefficient (Wildman–Crippen LogP) is 2.63. The van der Waals surface area contributed by atoms with Crippen LogP contribution in [0.5, 0.6) is 0 Å². The van der Waals surface area contributed by atoms with Crippen molar-refractivity contribution < 1.29 is 14.3 Å². The van der Waals surface area contributed by atoms with Crippen molar-refractivity contribution in [2.24, 2.45) is 7.05 Å². The average molecular weight is 341 g/mol. The molecule has 1 spiro atoms. The van der Waals surface area contributed by atoms with E-state index in [2.05, 4.69) is 0 Å². The van der Waals surface area contributed by atoms with Gasteiger partial charge in [-0.05, 0) is 18.9 Å². The second-order valence-corrected chi connectivity index (χ2v) is 7.22. The lowest BCUT2D eigenvalue weighted by atomic mass is 9.95. The molecule has 0 aliphatic carbocycles. The number of ether oxygens (including phenoxy) is 1. The summed E-state index contributed by atoms with van der Waals surface area (Å²) in [6.07, 6.45) is 4.00. The smallest absolute Gasteiger partial charge is 0.410 e. The van der Waals surface area contributed by atoms with Gasteiger partial charge in [0.1, 0.15) is 5.60 Å². The summed E-state index contributed by atoms with van der Waals surface area (Å²) in [6.45, 7) is 1.93. The fourth-order valence-corrected chi connectivity index (χ4v) is 4.11. The summed E-state index contributed by atoms with van der Waals surface area (Å²) in [4.78, 5) is 28.4. The third kappa shape index (κ3) is 2.65. The highest BCUT2D eigenvalue weighted by molar-refractivity contribution is 6.07. The van der Waals surface area contributed by atoms with Crippen molar-refractivity contribution >= 4 is 22.9 Å². The predicted molar refractivity (Wildman–Crippen MR) is 94.5 cm³/mol. The Kier molecular flexibility index (Phi) is 3.71. The molecule has 0 saturated carbocycles. The Labute approximate surface area is 146 Å². The number of likely N-dealkylation sites (tertiary alicyclic amines) is 1. The molecule has 2 amide bonds. The molecule has 2 fully saturated rings. The quantitative estimate of drug-likeness (QED) is 0.801. The van der Waals surface area contributed by atoms with Crippen molar-refractivity contribution in [2.45, 2.75) is 24.9 Å². The number of nitrogens with zero attached hydrogens (tertiary/aromatic N) is 3. The molecular weight excluding hydrogens is 318 g/mol. The molecule has 2 aliphatic rings. The Morgan fingerprint density at radius 1 is 1.16 bits per heavy atom. The molecule has 2 aromatic rings. The zero-order valence-electron chi connectivity index (χ0n) is 14.7. The van der Waals surface area contributed by atoms with E-state index in [9.17, 15) is 9.59 Å². The first kappa shape index (κ1) is 16.0. The Hall–Kier alpha value is -2.50. The fourth-order valence-electron chi connectivity index (χ4n) is 4.11. The van der Waals surface area contributed by atoms with Crippen LogP contribution in [0, 0.1) is 0 Å². The maximum absolute atomic E-state index is 13.1. The number of carbonyl (C=O) groups excluding carboxylic acids is 2. The molecule has 6 heteroatoms. The van der Waals surface area contributed by atoms with Crippen molar-refractivity contribution in [1.82, 2.24) is 14.4 Å². The molecule has 132 valence electrons. The van der Waals surface area contributed by atoms with Crippen molar-refractivity contribution in [3.05, 3.63) is 36.0 Å². The summed E-state index contributed by atoms with van der Waals surface area (Å²) in [5.41, 5.74) is 1.37. The molecule has 1 aromatic heterocycles. The number of aromatic nitrogens is 1. The van der Waals surface area contributed by atoms with E-state index in [1.54, 1.807) is 11.9 Å². The average Bonchev–Trinajstić information content (AvgIpc) is 2.98. The number of likely N-dealkylation sites (N-methyl/N-ethyl adjacent to an activating group) is 1. The van der Waals surface area contributed by atoms with Crippen LogP contribution in [0.3, 0.4) is 0 Å². The van der Waals surface area contributed by atoms with Gasteiger partial charge in [0, 0.05) is 50.7 Å². The maximum atomic E-state index is 13.1. The number of fused-ring (bicyclic) bond motifs is 1. The zero-order chi connectivity index (χ0) is 17.6. The highest BCUT2D eigenvalue weighted by Gasteiger charge is 2.44.